The first-order valence-electron chi connectivity index (χ1n) is 10.7. The highest BCUT2D eigenvalue weighted by Crippen LogP contribution is 2.14. The van der Waals surface area contributed by atoms with Crippen LogP contribution in [0.1, 0.15) is 117 Å². The minimum atomic E-state index is -0.0341. The van der Waals surface area contributed by atoms with E-state index in [0.29, 0.717) is 0 Å². The largest absolute Gasteiger partial charge is 0.393 e. The molecule has 0 spiro atoms. The van der Waals surface area contributed by atoms with E-state index in [-0.39, 0.29) is 18.5 Å². The van der Waals surface area contributed by atoms with Gasteiger partial charge in [-0.15, -0.1) is 12.4 Å². The van der Waals surface area contributed by atoms with E-state index in [1.54, 1.807) is 0 Å². The summed E-state index contributed by atoms with van der Waals surface area (Å²) in [6.07, 6.45) is 20.6. The first kappa shape index (κ1) is 26.4. The van der Waals surface area contributed by atoms with Gasteiger partial charge in [-0.05, 0) is 38.8 Å². The SMILES string of the molecule is CCCCCC[C@@H](O)CCCCCCCCCCCNCCC.Cl. The summed E-state index contributed by atoms with van der Waals surface area (Å²) >= 11 is 0. The minimum absolute atomic E-state index is 0. The lowest BCUT2D eigenvalue weighted by Crippen LogP contribution is -2.15. The zero-order valence-corrected chi connectivity index (χ0v) is 17.5. The van der Waals surface area contributed by atoms with Crippen LogP contribution in [0.15, 0.2) is 0 Å². The Morgan fingerprint density at radius 1 is 0.583 bits per heavy atom. The van der Waals surface area contributed by atoms with Gasteiger partial charge >= 0.3 is 0 Å². The van der Waals surface area contributed by atoms with Gasteiger partial charge in [0.25, 0.3) is 0 Å². The molecule has 1 atom stereocenters. The molecule has 0 unspecified atom stereocenters. The standard InChI is InChI=1S/C21H45NO.ClH/c1-3-5-6-14-17-21(23)18-15-12-10-8-7-9-11-13-16-20-22-19-4-2;/h21-23H,3-20H2,1-2H3;1H/t21-;/m1./s1. The van der Waals surface area contributed by atoms with Crippen LogP contribution in [0.5, 0.6) is 0 Å². The fraction of sp³-hybridized carbons (Fsp3) is 1.00. The number of hydrogen-bond acceptors (Lipinski definition) is 2. The van der Waals surface area contributed by atoms with Crippen LogP contribution in [-0.2, 0) is 0 Å². The first-order chi connectivity index (χ1) is 11.3. The Morgan fingerprint density at radius 2 is 1.04 bits per heavy atom. The average Bonchev–Trinajstić information content (AvgIpc) is 2.56. The quantitative estimate of drug-likeness (QED) is 0.252. The third kappa shape index (κ3) is 22.2. The van der Waals surface area contributed by atoms with E-state index in [4.69, 9.17) is 0 Å². The zero-order valence-electron chi connectivity index (χ0n) is 16.7. The summed E-state index contributed by atoms with van der Waals surface area (Å²) in [5.74, 6) is 0. The summed E-state index contributed by atoms with van der Waals surface area (Å²) < 4.78 is 0. The lowest BCUT2D eigenvalue weighted by Gasteiger charge is -2.10. The van der Waals surface area contributed by atoms with Crippen molar-refractivity contribution >= 4 is 12.4 Å². The van der Waals surface area contributed by atoms with Crippen LogP contribution in [0.2, 0.25) is 0 Å². The highest BCUT2D eigenvalue weighted by atomic mass is 35.5. The van der Waals surface area contributed by atoms with Crippen LogP contribution in [0.3, 0.4) is 0 Å². The van der Waals surface area contributed by atoms with Gasteiger partial charge in [-0.1, -0.05) is 90.9 Å². The third-order valence-electron chi connectivity index (χ3n) is 4.71. The second kappa shape index (κ2) is 23.2. The van der Waals surface area contributed by atoms with E-state index < -0.39 is 0 Å². The van der Waals surface area contributed by atoms with E-state index in [1.807, 2.05) is 0 Å². The van der Waals surface area contributed by atoms with E-state index in [0.717, 1.165) is 12.8 Å². The van der Waals surface area contributed by atoms with Crippen molar-refractivity contribution in [3.05, 3.63) is 0 Å². The minimum Gasteiger partial charge on any atom is -0.393 e. The summed E-state index contributed by atoms with van der Waals surface area (Å²) in [7, 11) is 0. The molecule has 0 aliphatic heterocycles. The van der Waals surface area contributed by atoms with E-state index in [2.05, 4.69) is 19.2 Å². The number of hydrogen-bond donors (Lipinski definition) is 2. The number of nitrogens with one attached hydrogen (secondary N) is 1. The predicted molar refractivity (Wildman–Crippen MR) is 111 cm³/mol. The van der Waals surface area contributed by atoms with Crippen molar-refractivity contribution in [3.63, 3.8) is 0 Å². The van der Waals surface area contributed by atoms with Gasteiger partial charge in [-0.2, -0.15) is 0 Å². The smallest absolute Gasteiger partial charge is 0.0540 e. The number of aliphatic hydroxyl groups excluding tert-OH is 1. The van der Waals surface area contributed by atoms with E-state index in [1.165, 1.54) is 103 Å². The molecule has 2 nitrogen and oxygen atoms in total. The van der Waals surface area contributed by atoms with E-state index in [9.17, 15) is 5.11 Å². The van der Waals surface area contributed by atoms with Crippen molar-refractivity contribution in [2.24, 2.45) is 0 Å². The van der Waals surface area contributed by atoms with Crippen LogP contribution in [-0.4, -0.2) is 24.3 Å². The highest BCUT2D eigenvalue weighted by Gasteiger charge is 2.03. The van der Waals surface area contributed by atoms with Gasteiger partial charge in [0.1, 0.15) is 0 Å². The van der Waals surface area contributed by atoms with Crippen molar-refractivity contribution in [3.8, 4) is 0 Å². The van der Waals surface area contributed by atoms with Gasteiger partial charge < -0.3 is 10.4 Å². The summed E-state index contributed by atoms with van der Waals surface area (Å²) in [6.45, 7) is 6.84. The molecule has 3 heteroatoms. The number of rotatable bonds is 19. The number of unbranched alkanes of at least 4 members (excludes halogenated alkanes) is 11. The van der Waals surface area contributed by atoms with Crippen LogP contribution >= 0.6 is 12.4 Å². The van der Waals surface area contributed by atoms with Crippen LogP contribution < -0.4 is 5.32 Å². The molecule has 0 saturated carbocycles. The first-order valence-corrected chi connectivity index (χ1v) is 10.7. The Bertz CT molecular complexity index is 214. The molecule has 0 heterocycles. The molecular weight excluding hydrogens is 318 g/mol. The molecule has 2 N–H and O–H groups in total. The molecule has 0 aromatic carbocycles. The maximum absolute atomic E-state index is 9.92. The van der Waals surface area contributed by atoms with E-state index >= 15 is 0 Å². The second-order valence-electron chi connectivity index (χ2n) is 7.22. The van der Waals surface area contributed by atoms with Gasteiger partial charge in [-0.25, -0.2) is 0 Å². The summed E-state index contributed by atoms with van der Waals surface area (Å²) in [5.41, 5.74) is 0. The number of halogens is 1. The normalized spacial score (nSPS) is 12.1. The zero-order chi connectivity index (χ0) is 17.0. The number of aliphatic hydroxyl groups is 1. The maximum Gasteiger partial charge on any atom is 0.0540 e. The maximum atomic E-state index is 9.92. The molecule has 0 saturated heterocycles. The summed E-state index contributed by atoms with van der Waals surface area (Å²) in [5, 5.41) is 13.4. The molecule has 24 heavy (non-hydrogen) atoms. The molecule has 0 rings (SSSR count). The lowest BCUT2D eigenvalue weighted by atomic mass is 10.0. The molecule has 0 aromatic heterocycles. The molecule has 0 bridgehead atoms. The van der Waals surface area contributed by atoms with Crippen molar-refractivity contribution in [1.82, 2.24) is 5.32 Å². The van der Waals surface area contributed by atoms with Gasteiger partial charge in [0.15, 0.2) is 0 Å². The fourth-order valence-corrected chi connectivity index (χ4v) is 3.12. The van der Waals surface area contributed by atoms with Gasteiger partial charge in [0.2, 0.25) is 0 Å². The van der Waals surface area contributed by atoms with Crippen molar-refractivity contribution in [2.45, 2.75) is 123 Å². The Labute approximate surface area is 159 Å². The fourth-order valence-electron chi connectivity index (χ4n) is 3.12. The summed E-state index contributed by atoms with van der Waals surface area (Å²) in [4.78, 5) is 0. The summed E-state index contributed by atoms with van der Waals surface area (Å²) in [6, 6.07) is 0. The van der Waals surface area contributed by atoms with Crippen molar-refractivity contribution in [1.29, 1.82) is 0 Å². The van der Waals surface area contributed by atoms with Gasteiger partial charge in [-0.3, -0.25) is 0 Å². The topological polar surface area (TPSA) is 32.3 Å². The lowest BCUT2D eigenvalue weighted by molar-refractivity contribution is 0.147. The molecule has 0 aromatic rings. The molecule has 0 amide bonds. The molecule has 148 valence electrons. The van der Waals surface area contributed by atoms with Crippen LogP contribution in [0.25, 0.3) is 0 Å². The Hall–Kier alpha value is 0.210. The molecule has 0 aliphatic rings. The third-order valence-corrected chi connectivity index (χ3v) is 4.71. The Morgan fingerprint density at radius 3 is 1.54 bits per heavy atom. The van der Waals surface area contributed by atoms with Crippen molar-refractivity contribution < 1.29 is 5.11 Å². The van der Waals surface area contributed by atoms with Crippen LogP contribution in [0.4, 0.5) is 0 Å². The monoisotopic (exact) mass is 363 g/mol. The molecule has 0 radical (unpaired) electrons. The van der Waals surface area contributed by atoms with Gasteiger partial charge in [0.05, 0.1) is 6.10 Å². The Balaban J connectivity index is 0. The van der Waals surface area contributed by atoms with Crippen LogP contribution in [0, 0.1) is 0 Å². The second-order valence-corrected chi connectivity index (χ2v) is 7.22. The van der Waals surface area contributed by atoms with Gasteiger partial charge in [0, 0.05) is 0 Å². The molecule has 0 aliphatic carbocycles. The Kier molecular flexibility index (Phi) is 25.6. The molecule has 0 fully saturated rings. The average molecular weight is 364 g/mol. The predicted octanol–water partition coefficient (Wildman–Crippen LogP) is 6.64. The molecular formula is C21H46ClNO. The highest BCUT2D eigenvalue weighted by molar-refractivity contribution is 5.85. The van der Waals surface area contributed by atoms with Crippen molar-refractivity contribution in [2.75, 3.05) is 13.1 Å².